The monoisotopic (exact) mass is 329 g/mol. The molecule has 0 saturated carbocycles. The van der Waals surface area contributed by atoms with Gasteiger partial charge in [0, 0.05) is 26.3 Å². The molecule has 2 atom stereocenters. The molecule has 24 heavy (non-hydrogen) atoms. The minimum atomic E-state index is -1.01. The molecule has 1 saturated heterocycles. The number of carboxylic acid groups (broad SMARTS) is 1. The third kappa shape index (κ3) is 3.30. The summed E-state index contributed by atoms with van der Waals surface area (Å²) in [6.45, 7) is 0.827. The van der Waals surface area contributed by atoms with E-state index in [4.69, 9.17) is 4.74 Å². The molecule has 1 aromatic carbocycles. The Morgan fingerprint density at radius 2 is 2.08 bits per heavy atom. The van der Waals surface area contributed by atoms with Crippen LogP contribution in [0.2, 0.25) is 0 Å². The smallest absolute Gasteiger partial charge is 0.326 e. The van der Waals surface area contributed by atoms with E-state index in [1.165, 1.54) is 18.2 Å². The Morgan fingerprint density at radius 3 is 2.75 bits per heavy atom. The summed E-state index contributed by atoms with van der Waals surface area (Å²) in [6, 6.07) is 8.92. The van der Waals surface area contributed by atoms with Crippen molar-refractivity contribution in [3.05, 3.63) is 53.9 Å². The molecule has 2 aromatic rings. The summed E-state index contributed by atoms with van der Waals surface area (Å²) < 4.78 is 6.88. The van der Waals surface area contributed by atoms with Crippen molar-refractivity contribution in [3.63, 3.8) is 0 Å². The number of aliphatic carboxylic acids is 1. The lowest BCUT2D eigenvalue weighted by molar-refractivity contribution is -0.141. The number of rotatable bonds is 5. The average molecular weight is 329 g/mol. The van der Waals surface area contributed by atoms with Crippen LogP contribution in [0.3, 0.4) is 0 Å². The zero-order valence-corrected chi connectivity index (χ0v) is 13.3. The molecule has 1 amide bonds. The van der Waals surface area contributed by atoms with Crippen LogP contribution in [-0.4, -0.2) is 57.5 Å². The van der Waals surface area contributed by atoms with E-state index < -0.39 is 12.0 Å². The number of benzene rings is 1. The van der Waals surface area contributed by atoms with Crippen molar-refractivity contribution in [3.8, 4) is 0 Å². The van der Waals surface area contributed by atoms with Gasteiger partial charge >= 0.3 is 5.97 Å². The molecule has 0 aliphatic carbocycles. The first-order valence-electron chi connectivity index (χ1n) is 7.71. The van der Waals surface area contributed by atoms with Gasteiger partial charge in [0.25, 0.3) is 5.91 Å². The van der Waals surface area contributed by atoms with E-state index in [0.717, 1.165) is 5.56 Å². The lowest BCUT2D eigenvalue weighted by Gasteiger charge is -2.20. The van der Waals surface area contributed by atoms with Crippen molar-refractivity contribution in [1.29, 1.82) is 0 Å². The highest BCUT2D eigenvalue weighted by Crippen LogP contribution is 2.22. The summed E-state index contributed by atoms with van der Waals surface area (Å²) in [4.78, 5) is 25.4. The fourth-order valence-electron chi connectivity index (χ4n) is 2.92. The quantitative estimate of drug-likeness (QED) is 0.892. The summed E-state index contributed by atoms with van der Waals surface area (Å²) >= 11 is 0. The van der Waals surface area contributed by atoms with Crippen LogP contribution in [-0.2, 0) is 16.1 Å². The van der Waals surface area contributed by atoms with Gasteiger partial charge in [-0.3, -0.25) is 9.48 Å². The SMILES string of the molecule is COC1CC(C(=O)O)N(C(=O)c2cnn(Cc3ccccc3)c2)C1. The van der Waals surface area contributed by atoms with Crippen LogP contribution in [0.5, 0.6) is 0 Å². The fourth-order valence-corrected chi connectivity index (χ4v) is 2.92. The van der Waals surface area contributed by atoms with Crippen molar-refractivity contribution >= 4 is 11.9 Å². The zero-order chi connectivity index (χ0) is 17.1. The highest BCUT2D eigenvalue weighted by Gasteiger charge is 2.40. The number of ether oxygens (including phenoxy) is 1. The maximum absolute atomic E-state index is 12.6. The maximum Gasteiger partial charge on any atom is 0.326 e. The molecule has 7 nitrogen and oxygen atoms in total. The van der Waals surface area contributed by atoms with Gasteiger partial charge in [-0.15, -0.1) is 0 Å². The molecule has 1 aromatic heterocycles. The Balaban J connectivity index is 1.74. The molecule has 1 fully saturated rings. The molecule has 126 valence electrons. The van der Waals surface area contributed by atoms with Crippen molar-refractivity contribution in [2.45, 2.75) is 25.1 Å². The first kappa shape index (κ1) is 16.2. The van der Waals surface area contributed by atoms with E-state index >= 15 is 0 Å². The maximum atomic E-state index is 12.6. The van der Waals surface area contributed by atoms with Gasteiger partial charge in [-0.2, -0.15) is 5.10 Å². The molecule has 7 heteroatoms. The highest BCUT2D eigenvalue weighted by molar-refractivity contribution is 5.96. The number of aromatic nitrogens is 2. The predicted molar refractivity (Wildman–Crippen MR) is 85.6 cm³/mol. The van der Waals surface area contributed by atoms with Crippen molar-refractivity contribution in [2.75, 3.05) is 13.7 Å². The summed E-state index contributed by atoms with van der Waals surface area (Å²) in [7, 11) is 1.52. The molecule has 2 heterocycles. The van der Waals surface area contributed by atoms with Gasteiger partial charge in [-0.1, -0.05) is 30.3 Å². The van der Waals surface area contributed by atoms with E-state index in [1.54, 1.807) is 10.9 Å². The Bertz CT molecular complexity index is 728. The van der Waals surface area contributed by atoms with Gasteiger partial charge in [0.15, 0.2) is 0 Å². The minimum absolute atomic E-state index is 0.255. The number of carbonyl (C=O) groups is 2. The average Bonchev–Trinajstić information content (AvgIpc) is 3.22. The molecule has 2 unspecified atom stereocenters. The molecular formula is C17H19N3O4. The van der Waals surface area contributed by atoms with E-state index in [-0.39, 0.29) is 18.6 Å². The van der Waals surface area contributed by atoms with Crippen LogP contribution in [0.1, 0.15) is 22.3 Å². The minimum Gasteiger partial charge on any atom is -0.480 e. The van der Waals surface area contributed by atoms with Crippen molar-refractivity contribution < 1.29 is 19.4 Å². The van der Waals surface area contributed by atoms with Crippen molar-refractivity contribution in [1.82, 2.24) is 14.7 Å². The number of carboxylic acids is 1. The molecule has 3 rings (SSSR count). The molecule has 0 radical (unpaired) electrons. The summed E-state index contributed by atoms with van der Waals surface area (Å²) in [5.41, 5.74) is 1.46. The lowest BCUT2D eigenvalue weighted by Crippen LogP contribution is -2.40. The largest absolute Gasteiger partial charge is 0.480 e. The number of carbonyl (C=O) groups excluding carboxylic acids is 1. The van der Waals surface area contributed by atoms with E-state index in [1.807, 2.05) is 30.3 Å². The Labute approximate surface area is 139 Å². The van der Waals surface area contributed by atoms with Crippen LogP contribution in [0.4, 0.5) is 0 Å². The molecular weight excluding hydrogens is 310 g/mol. The summed E-state index contributed by atoms with van der Waals surface area (Å²) in [6.07, 6.45) is 3.17. The third-order valence-corrected chi connectivity index (χ3v) is 4.21. The number of likely N-dealkylation sites (tertiary alicyclic amines) is 1. The Kier molecular flexibility index (Phi) is 4.61. The van der Waals surface area contributed by atoms with Crippen LogP contribution < -0.4 is 0 Å². The fraction of sp³-hybridized carbons (Fsp3) is 0.353. The number of amides is 1. The predicted octanol–water partition coefficient (Wildman–Crippen LogP) is 1.25. The first-order chi connectivity index (χ1) is 11.6. The molecule has 0 bridgehead atoms. The second-order valence-corrected chi connectivity index (χ2v) is 5.82. The molecule has 1 aliphatic rings. The van der Waals surface area contributed by atoms with E-state index in [2.05, 4.69) is 5.10 Å². The van der Waals surface area contributed by atoms with E-state index in [9.17, 15) is 14.7 Å². The molecule has 1 aliphatic heterocycles. The van der Waals surface area contributed by atoms with Gasteiger partial charge in [-0.25, -0.2) is 4.79 Å². The van der Waals surface area contributed by atoms with Crippen LogP contribution >= 0.6 is 0 Å². The molecule has 0 spiro atoms. The zero-order valence-electron chi connectivity index (χ0n) is 13.3. The van der Waals surface area contributed by atoms with Crippen LogP contribution in [0.15, 0.2) is 42.7 Å². The lowest BCUT2D eigenvalue weighted by atomic mass is 10.2. The van der Waals surface area contributed by atoms with Gasteiger partial charge in [0.2, 0.25) is 0 Å². The number of methoxy groups -OCH3 is 1. The number of hydrogen-bond acceptors (Lipinski definition) is 4. The van der Waals surface area contributed by atoms with Crippen molar-refractivity contribution in [2.24, 2.45) is 0 Å². The number of hydrogen-bond donors (Lipinski definition) is 1. The van der Waals surface area contributed by atoms with E-state index in [0.29, 0.717) is 18.5 Å². The second kappa shape index (κ2) is 6.84. The normalized spacial score (nSPS) is 20.3. The van der Waals surface area contributed by atoms with Gasteiger partial charge < -0.3 is 14.7 Å². The van der Waals surface area contributed by atoms with Gasteiger partial charge in [0.05, 0.1) is 24.4 Å². The second-order valence-electron chi connectivity index (χ2n) is 5.82. The van der Waals surface area contributed by atoms with Gasteiger partial charge in [-0.05, 0) is 5.56 Å². The third-order valence-electron chi connectivity index (χ3n) is 4.21. The Morgan fingerprint density at radius 1 is 1.33 bits per heavy atom. The highest BCUT2D eigenvalue weighted by atomic mass is 16.5. The van der Waals surface area contributed by atoms with Crippen LogP contribution in [0.25, 0.3) is 0 Å². The number of nitrogens with zero attached hydrogens (tertiary/aromatic N) is 3. The standard InChI is InChI=1S/C17H19N3O4/c1-24-14-7-15(17(22)23)20(11-14)16(21)13-8-18-19(10-13)9-12-5-3-2-4-6-12/h2-6,8,10,14-15H,7,9,11H2,1H3,(H,22,23). The molecule has 1 N–H and O–H groups in total. The van der Waals surface area contributed by atoms with Crippen LogP contribution in [0, 0.1) is 0 Å². The summed E-state index contributed by atoms with van der Waals surface area (Å²) in [5, 5.41) is 13.5. The van der Waals surface area contributed by atoms with Gasteiger partial charge in [0.1, 0.15) is 6.04 Å². The summed E-state index contributed by atoms with van der Waals surface area (Å²) in [5.74, 6) is -1.35. The first-order valence-corrected chi connectivity index (χ1v) is 7.71. The Hall–Kier alpha value is -2.67. The topological polar surface area (TPSA) is 84.7 Å².